The second-order valence-electron chi connectivity index (χ2n) is 13.9. The van der Waals surface area contributed by atoms with Gasteiger partial charge in [0.1, 0.15) is 5.78 Å². The minimum absolute atomic E-state index is 0.00570. The van der Waals surface area contributed by atoms with E-state index in [0.717, 1.165) is 18.4 Å². The summed E-state index contributed by atoms with van der Waals surface area (Å²) >= 11 is 0. The second-order valence-corrected chi connectivity index (χ2v) is 18.2. The van der Waals surface area contributed by atoms with Crippen LogP contribution in [0.2, 0.25) is 5.04 Å². The molecule has 3 aromatic carbocycles. The number of aliphatic hydroxyl groups is 1. The third kappa shape index (κ3) is 4.57. The zero-order chi connectivity index (χ0) is 28.9. The van der Waals surface area contributed by atoms with Crippen LogP contribution in [0.15, 0.2) is 91.0 Å². The fraction of sp³-hybridized carbons (Fsp3) is 0.472. The summed E-state index contributed by atoms with van der Waals surface area (Å²) < 4.78 is 13.8. The Kier molecular flexibility index (Phi) is 7.38. The van der Waals surface area contributed by atoms with Crippen molar-refractivity contribution < 1.29 is 19.1 Å². The molecule has 0 aromatic heterocycles. The van der Waals surface area contributed by atoms with E-state index in [1.54, 1.807) is 0 Å². The summed E-state index contributed by atoms with van der Waals surface area (Å²) in [5, 5.41) is 14.7. The maximum atomic E-state index is 13.7. The fourth-order valence-electron chi connectivity index (χ4n) is 8.82. The van der Waals surface area contributed by atoms with Crippen molar-refractivity contribution in [3.8, 4) is 0 Å². The molecular formula is C36H44O4Si. The molecule has 7 rings (SSSR count). The lowest BCUT2D eigenvalue weighted by atomic mass is 9.46. The van der Waals surface area contributed by atoms with Crippen LogP contribution in [0.3, 0.4) is 0 Å². The standard InChI is InChI=1S/C36H44O4Si/c1-34(2,3)41(28-16-10-6-11-17-28,29-18-12-7-13-19-29)40-25-27-22-36(38)23-31(37)33(27)30-20-21-32(35(30,36)4)39-24-26-14-8-5-9-15-26/h5-19,27,30,32-33,38H,20-25H2,1-4H3/t27-,30-,32+,33+,35-,36-/m0/s1. The molecule has 0 aliphatic heterocycles. The first-order valence-corrected chi connectivity index (χ1v) is 17.2. The molecule has 2 bridgehead atoms. The molecule has 1 N–H and O–H groups in total. The van der Waals surface area contributed by atoms with Gasteiger partial charge in [-0.3, -0.25) is 4.79 Å². The zero-order valence-electron chi connectivity index (χ0n) is 24.9. The molecule has 4 saturated carbocycles. The summed E-state index contributed by atoms with van der Waals surface area (Å²) in [4.78, 5) is 13.7. The molecule has 6 atom stereocenters. The predicted octanol–water partition coefficient (Wildman–Crippen LogP) is 5.90. The summed E-state index contributed by atoms with van der Waals surface area (Å²) in [6.45, 7) is 10.1. The van der Waals surface area contributed by atoms with E-state index in [4.69, 9.17) is 9.16 Å². The first kappa shape index (κ1) is 28.5. The van der Waals surface area contributed by atoms with Crippen LogP contribution in [0, 0.1) is 23.2 Å². The van der Waals surface area contributed by atoms with Crippen LogP contribution < -0.4 is 10.4 Å². The first-order chi connectivity index (χ1) is 19.6. The highest BCUT2D eigenvalue weighted by Crippen LogP contribution is 2.66. The van der Waals surface area contributed by atoms with Gasteiger partial charge in [0, 0.05) is 24.4 Å². The van der Waals surface area contributed by atoms with Crippen molar-refractivity contribution >= 4 is 24.5 Å². The first-order valence-electron chi connectivity index (χ1n) is 15.3. The smallest absolute Gasteiger partial charge is 0.261 e. The molecule has 0 amide bonds. The molecule has 4 aliphatic rings. The van der Waals surface area contributed by atoms with E-state index in [2.05, 4.69) is 100 Å². The van der Waals surface area contributed by atoms with E-state index in [9.17, 15) is 9.90 Å². The molecule has 3 aromatic rings. The molecule has 4 aliphatic carbocycles. The average Bonchev–Trinajstić information content (AvgIpc) is 3.31. The van der Waals surface area contributed by atoms with Crippen LogP contribution in [0.5, 0.6) is 0 Å². The molecule has 0 spiro atoms. The Morgan fingerprint density at radius 3 is 2.00 bits per heavy atom. The average molecular weight is 569 g/mol. The van der Waals surface area contributed by atoms with Crippen molar-refractivity contribution in [1.82, 2.24) is 0 Å². The Balaban J connectivity index is 1.30. The van der Waals surface area contributed by atoms with E-state index >= 15 is 0 Å². The number of ketones is 1. The number of Topliss-reactive ketones (excluding diaryl/α,β-unsaturated/α-hetero) is 1. The maximum absolute atomic E-state index is 13.7. The van der Waals surface area contributed by atoms with Gasteiger partial charge in [-0.1, -0.05) is 119 Å². The van der Waals surface area contributed by atoms with Gasteiger partial charge in [-0.15, -0.1) is 0 Å². The highest BCUT2D eigenvalue weighted by molar-refractivity contribution is 6.99. The number of ether oxygens (including phenoxy) is 1. The third-order valence-electron chi connectivity index (χ3n) is 10.8. The normalized spacial score (nSPS) is 31.3. The Morgan fingerprint density at radius 1 is 0.878 bits per heavy atom. The molecule has 4 fully saturated rings. The number of carbonyl (C=O) groups is 1. The van der Waals surface area contributed by atoms with Crippen LogP contribution in [0.25, 0.3) is 0 Å². The predicted molar refractivity (Wildman–Crippen MR) is 166 cm³/mol. The van der Waals surface area contributed by atoms with Crippen molar-refractivity contribution in [2.75, 3.05) is 6.61 Å². The lowest BCUT2D eigenvalue weighted by Gasteiger charge is -2.61. The van der Waals surface area contributed by atoms with E-state index in [1.807, 2.05) is 18.2 Å². The highest BCUT2D eigenvalue weighted by atomic mass is 28.4. The Hall–Kier alpha value is -2.57. The summed E-state index contributed by atoms with van der Waals surface area (Å²) in [6.07, 6.45) is 2.53. The van der Waals surface area contributed by atoms with E-state index in [-0.39, 0.29) is 41.1 Å². The maximum Gasteiger partial charge on any atom is 0.261 e. The van der Waals surface area contributed by atoms with Crippen molar-refractivity contribution in [1.29, 1.82) is 0 Å². The van der Waals surface area contributed by atoms with Gasteiger partial charge in [0.05, 0.1) is 18.3 Å². The van der Waals surface area contributed by atoms with E-state index in [1.165, 1.54) is 10.4 Å². The molecule has 0 heterocycles. The minimum atomic E-state index is -2.74. The van der Waals surface area contributed by atoms with Crippen molar-refractivity contribution in [2.24, 2.45) is 23.2 Å². The number of fused-ring (bicyclic) bond motifs is 2. The number of rotatable bonds is 8. The van der Waals surface area contributed by atoms with Gasteiger partial charge in [-0.25, -0.2) is 0 Å². The van der Waals surface area contributed by atoms with Gasteiger partial charge in [0.25, 0.3) is 8.32 Å². The van der Waals surface area contributed by atoms with Crippen molar-refractivity contribution in [3.05, 3.63) is 96.6 Å². The number of hydrogen-bond donors (Lipinski definition) is 1. The quantitative estimate of drug-likeness (QED) is 0.344. The van der Waals surface area contributed by atoms with Gasteiger partial charge in [0.2, 0.25) is 0 Å². The minimum Gasteiger partial charge on any atom is -0.407 e. The molecule has 0 radical (unpaired) electrons. The molecule has 4 nitrogen and oxygen atoms in total. The molecule has 0 saturated heterocycles. The van der Waals surface area contributed by atoms with Crippen LogP contribution in [-0.4, -0.2) is 37.5 Å². The number of benzene rings is 3. The topological polar surface area (TPSA) is 55.8 Å². The van der Waals surface area contributed by atoms with Gasteiger partial charge >= 0.3 is 0 Å². The Labute approximate surface area is 246 Å². The highest BCUT2D eigenvalue weighted by Gasteiger charge is 2.71. The van der Waals surface area contributed by atoms with E-state index < -0.39 is 19.3 Å². The van der Waals surface area contributed by atoms with Crippen LogP contribution in [0.1, 0.15) is 58.9 Å². The molecular weight excluding hydrogens is 524 g/mol. The lowest BCUT2D eigenvalue weighted by Crippen LogP contribution is -2.70. The van der Waals surface area contributed by atoms with Crippen LogP contribution >= 0.6 is 0 Å². The summed E-state index contributed by atoms with van der Waals surface area (Å²) in [7, 11) is -2.74. The second kappa shape index (κ2) is 10.6. The summed E-state index contributed by atoms with van der Waals surface area (Å²) in [6, 6.07) is 31.6. The van der Waals surface area contributed by atoms with Gasteiger partial charge in [-0.05, 0) is 52.1 Å². The van der Waals surface area contributed by atoms with Gasteiger partial charge in [-0.2, -0.15) is 0 Å². The third-order valence-corrected chi connectivity index (χ3v) is 15.8. The van der Waals surface area contributed by atoms with Crippen molar-refractivity contribution in [2.45, 2.75) is 76.7 Å². The fourth-order valence-corrected chi connectivity index (χ4v) is 13.4. The molecule has 41 heavy (non-hydrogen) atoms. The monoisotopic (exact) mass is 568 g/mol. The largest absolute Gasteiger partial charge is 0.407 e. The number of carbonyl (C=O) groups excluding carboxylic acids is 1. The summed E-state index contributed by atoms with van der Waals surface area (Å²) in [5.41, 5.74) is -0.380. The number of hydrogen-bond acceptors (Lipinski definition) is 4. The van der Waals surface area contributed by atoms with Crippen LogP contribution in [0.4, 0.5) is 0 Å². The zero-order valence-corrected chi connectivity index (χ0v) is 25.9. The molecule has 5 heteroatoms. The molecule has 216 valence electrons. The van der Waals surface area contributed by atoms with Gasteiger partial charge in [0.15, 0.2) is 0 Å². The summed E-state index contributed by atoms with van der Waals surface area (Å²) in [5.74, 6) is 0.212. The SMILES string of the molecule is CC(C)(C)[Si](OC[C@@H]1C[C@]2(O)CC(=O)[C@H]1[C@@H]1CC[C@@H](OCc3ccccc3)[C@]12C)(c1ccccc1)c1ccccc1. The lowest BCUT2D eigenvalue weighted by molar-refractivity contribution is -0.232. The molecule has 0 unspecified atom stereocenters. The van der Waals surface area contributed by atoms with E-state index in [0.29, 0.717) is 19.6 Å². The Morgan fingerprint density at radius 2 is 1.44 bits per heavy atom. The Bertz CT molecular complexity index is 1320. The van der Waals surface area contributed by atoms with Crippen LogP contribution in [-0.2, 0) is 20.6 Å². The van der Waals surface area contributed by atoms with Gasteiger partial charge < -0.3 is 14.3 Å². The van der Waals surface area contributed by atoms with Crippen molar-refractivity contribution in [3.63, 3.8) is 0 Å².